The minimum atomic E-state index is -0.515. The van der Waals surface area contributed by atoms with Crippen LogP contribution in [-0.2, 0) is 6.54 Å². The van der Waals surface area contributed by atoms with Crippen molar-refractivity contribution in [2.24, 2.45) is 0 Å². The molecule has 23 heavy (non-hydrogen) atoms. The van der Waals surface area contributed by atoms with Crippen LogP contribution < -0.4 is 9.64 Å². The molecule has 0 spiro atoms. The molecular formula is C15H16ClN3O4. The van der Waals surface area contributed by atoms with Crippen LogP contribution in [0.3, 0.4) is 0 Å². The second-order valence-electron chi connectivity index (χ2n) is 4.69. The van der Waals surface area contributed by atoms with E-state index >= 15 is 0 Å². The van der Waals surface area contributed by atoms with Gasteiger partial charge in [0.05, 0.1) is 18.6 Å². The molecule has 1 aromatic carbocycles. The molecule has 0 radical (unpaired) electrons. The average Bonchev–Trinajstić information content (AvgIpc) is 2.55. The van der Waals surface area contributed by atoms with Crippen LogP contribution in [0.5, 0.6) is 5.88 Å². The van der Waals surface area contributed by atoms with Gasteiger partial charge in [-0.15, -0.1) is 0 Å². The Morgan fingerprint density at radius 2 is 2.09 bits per heavy atom. The summed E-state index contributed by atoms with van der Waals surface area (Å²) < 4.78 is 5.04. The first-order chi connectivity index (χ1) is 11.1. The molecule has 1 N–H and O–H groups in total. The summed E-state index contributed by atoms with van der Waals surface area (Å²) in [5.41, 5.74) is 0.618. The van der Waals surface area contributed by atoms with Gasteiger partial charge in [0.15, 0.2) is 0 Å². The molecule has 0 amide bonds. The third-order valence-electron chi connectivity index (χ3n) is 3.22. The topological polar surface area (TPSA) is 88.7 Å². The fraction of sp³-hybridized carbons (Fsp3) is 0.267. The Morgan fingerprint density at radius 3 is 2.70 bits per heavy atom. The summed E-state index contributed by atoms with van der Waals surface area (Å²) in [6.07, 6.45) is 0. The number of aromatic nitrogens is 1. The van der Waals surface area contributed by atoms with E-state index in [2.05, 4.69) is 4.98 Å². The number of benzene rings is 1. The van der Waals surface area contributed by atoms with Gasteiger partial charge in [-0.05, 0) is 11.6 Å². The van der Waals surface area contributed by atoms with Crippen molar-refractivity contribution in [3.05, 3.63) is 57.1 Å². The number of nitrogens with zero attached hydrogens (tertiary/aromatic N) is 3. The predicted octanol–water partition coefficient (Wildman–Crippen LogP) is 2.65. The van der Waals surface area contributed by atoms with Crippen LogP contribution in [0.1, 0.15) is 5.56 Å². The maximum absolute atomic E-state index is 11.3. The number of halogens is 1. The van der Waals surface area contributed by atoms with E-state index < -0.39 is 4.92 Å². The van der Waals surface area contributed by atoms with E-state index in [1.807, 2.05) is 12.1 Å². The van der Waals surface area contributed by atoms with E-state index in [1.54, 1.807) is 17.0 Å². The molecule has 0 fully saturated rings. The van der Waals surface area contributed by atoms with Crippen molar-refractivity contribution >= 4 is 23.1 Å². The van der Waals surface area contributed by atoms with E-state index in [1.165, 1.54) is 19.2 Å². The Kier molecular flexibility index (Phi) is 5.72. The molecule has 2 aromatic rings. The molecule has 0 bridgehead atoms. The van der Waals surface area contributed by atoms with E-state index in [4.69, 9.17) is 16.3 Å². The van der Waals surface area contributed by atoms with Crippen LogP contribution in [0.4, 0.5) is 11.5 Å². The summed E-state index contributed by atoms with van der Waals surface area (Å²) in [6.45, 7) is 0.272. The molecule has 0 aliphatic rings. The summed E-state index contributed by atoms with van der Waals surface area (Å²) in [6, 6.07) is 9.94. The highest BCUT2D eigenvalue weighted by atomic mass is 35.5. The lowest BCUT2D eigenvalue weighted by atomic mass is 10.2. The van der Waals surface area contributed by atoms with Crippen molar-refractivity contribution < 1.29 is 14.8 Å². The normalized spacial score (nSPS) is 10.4. The summed E-state index contributed by atoms with van der Waals surface area (Å²) in [5.74, 6) is 0.385. The first-order valence-electron chi connectivity index (χ1n) is 6.85. The Hall–Kier alpha value is -2.38. The zero-order valence-corrected chi connectivity index (χ0v) is 13.2. The lowest BCUT2D eigenvalue weighted by molar-refractivity contribution is -0.384. The number of hydrogen-bond acceptors (Lipinski definition) is 6. The summed E-state index contributed by atoms with van der Waals surface area (Å²) >= 11 is 6.15. The molecular weight excluding hydrogens is 322 g/mol. The number of anilines is 1. The molecule has 122 valence electrons. The van der Waals surface area contributed by atoms with Crippen LogP contribution in [0, 0.1) is 10.1 Å². The van der Waals surface area contributed by atoms with Crippen molar-refractivity contribution in [3.8, 4) is 5.88 Å². The average molecular weight is 338 g/mol. The van der Waals surface area contributed by atoms with E-state index in [0.29, 0.717) is 5.02 Å². The first kappa shape index (κ1) is 17.0. The van der Waals surface area contributed by atoms with Gasteiger partial charge in [-0.1, -0.05) is 29.8 Å². The van der Waals surface area contributed by atoms with Crippen molar-refractivity contribution in [2.75, 3.05) is 25.2 Å². The number of aliphatic hydroxyl groups excluding tert-OH is 1. The van der Waals surface area contributed by atoms with E-state index in [0.717, 1.165) is 5.56 Å². The molecule has 1 aromatic heterocycles. The minimum Gasteiger partial charge on any atom is -0.481 e. The summed E-state index contributed by atoms with van der Waals surface area (Å²) in [7, 11) is 1.43. The monoisotopic (exact) mass is 337 g/mol. The minimum absolute atomic E-state index is 0.128. The molecule has 0 saturated heterocycles. The van der Waals surface area contributed by atoms with Gasteiger partial charge in [-0.2, -0.15) is 4.98 Å². The van der Waals surface area contributed by atoms with Crippen molar-refractivity contribution in [3.63, 3.8) is 0 Å². The Labute approximate surface area is 138 Å². The Balaban J connectivity index is 2.44. The van der Waals surface area contributed by atoms with E-state index in [9.17, 15) is 15.2 Å². The van der Waals surface area contributed by atoms with Gasteiger partial charge in [-0.3, -0.25) is 10.1 Å². The number of aliphatic hydroxyl groups is 1. The molecule has 1 heterocycles. The molecule has 0 aliphatic heterocycles. The second kappa shape index (κ2) is 7.75. The van der Waals surface area contributed by atoms with Gasteiger partial charge in [0, 0.05) is 30.2 Å². The smallest absolute Gasteiger partial charge is 0.311 e. The second-order valence-corrected chi connectivity index (χ2v) is 5.10. The van der Waals surface area contributed by atoms with Crippen LogP contribution in [0.15, 0.2) is 36.4 Å². The summed E-state index contributed by atoms with van der Waals surface area (Å²) in [4.78, 5) is 16.5. The van der Waals surface area contributed by atoms with Gasteiger partial charge in [0.2, 0.25) is 11.7 Å². The van der Waals surface area contributed by atoms with Crippen molar-refractivity contribution in [1.29, 1.82) is 0 Å². The van der Waals surface area contributed by atoms with Gasteiger partial charge in [0.1, 0.15) is 0 Å². The third kappa shape index (κ3) is 4.08. The zero-order chi connectivity index (χ0) is 16.8. The lowest BCUT2D eigenvalue weighted by Gasteiger charge is -2.23. The lowest BCUT2D eigenvalue weighted by Crippen LogP contribution is -2.28. The molecule has 7 nitrogen and oxygen atoms in total. The molecule has 0 aliphatic carbocycles. The van der Waals surface area contributed by atoms with Crippen LogP contribution in [-0.4, -0.2) is 35.3 Å². The number of hydrogen-bond donors (Lipinski definition) is 1. The van der Waals surface area contributed by atoms with Gasteiger partial charge >= 0.3 is 5.69 Å². The highest BCUT2D eigenvalue weighted by molar-refractivity contribution is 6.31. The number of pyridine rings is 1. The van der Waals surface area contributed by atoms with Gasteiger partial charge in [-0.25, -0.2) is 0 Å². The Morgan fingerprint density at radius 1 is 1.35 bits per heavy atom. The van der Waals surface area contributed by atoms with Crippen LogP contribution in [0.2, 0.25) is 5.02 Å². The van der Waals surface area contributed by atoms with Gasteiger partial charge in [0.25, 0.3) is 0 Å². The zero-order valence-electron chi connectivity index (χ0n) is 12.5. The summed E-state index contributed by atoms with van der Waals surface area (Å²) in [5, 5.41) is 21.1. The fourth-order valence-electron chi connectivity index (χ4n) is 2.13. The van der Waals surface area contributed by atoms with Crippen molar-refractivity contribution in [2.45, 2.75) is 6.54 Å². The quantitative estimate of drug-likeness (QED) is 0.617. The highest BCUT2D eigenvalue weighted by Crippen LogP contribution is 2.30. The number of ether oxygens (including phenoxy) is 1. The Bertz CT molecular complexity index is 696. The molecule has 2 rings (SSSR count). The van der Waals surface area contributed by atoms with Crippen molar-refractivity contribution in [1.82, 2.24) is 4.98 Å². The maximum Gasteiger partial charge on any atom is 0.311 e. The highest BCUT2D eigenvalue weighted by Gasteiger charge is 2.22. The number of nitro groups is 1. The van der Waals surface area contributed by atoms with Crippen LogP contribution in [0.25, 0.3) is 0 Å². The number of methoxy groups -OCH3 is 1. The number of rotatable bonds is 7. The maximum atomic E-state index is 11.3. The molecule has 0 unspecified atom stereocenters. The first-order valence-corrected chi connectivity index (χ1v) is 7.23. The SMILES string of the molecule is COc1ccc([N+](=O)[O-])c(N(CCO)Cc2ccccc2Cl)n1. The predicted molar refractivity (Wildman–Crippen MR) is 87.0 cm³/mol. The largest absolute Gasteiger partial charge is 0.481 e. The van der Waals surface area contributed by atoms with E-state index in [-0.39, 0.29) is 37.1 Å². The molecule has 0 saturated carbocycles. The fourth-order valence-corrected chi connectivity index (χ4v) is 2.32. The standard InChI is InChI=1S/C15H16ClN3O4/c1-23-14-7-6-13(19(21)22)15(17-14)18(8-9-20)10-11-4-2-3-5-12(11)16/h2-7,20H,8-10H2,1H3. The molecule has 8 heteroatoms. The third-order valence-corrected chi connectivity index (χ3v) is 3.59. The van der Waals surface area contributed by atoms with Gasteiger partial charge < -0.3 is 14.7 Å². The molecule has 0 atom stereocenters. The van der Waals surface area contributed by atoms with Crippen LogP contribution >= 0.6 is 11.6 Å².